The molecule has 3 nitrogen and oxygen atoms in total. The van der Waals surface area contributed by atoms with Crippen molar-refractivity contribution in [2.75, 3.05) is 0 Å². The number of aromatic nitrogens is 3. The summed E-state index contributed by atoms with van der Waals surface area (Å²) in [6.45, 7) is 13.7. The Kier molecular flexibility index (Phi) is 6.69. The highest BCUT2D eigenvalue weighted by Crippen LogP contribution is 2.40. The predicted octanol–water partition coefficient (Wildman–Crippen LogP) is 11.2. The molecule has 7 aromatic rings. The molecule has 0 saturated carbocycles. The average Bonchev–Trinajstić information content (AvgIpc) is 3.56. The zero-order valence-corrected chi connectivity index (χ0v) is 26.0. The second kappa shape index (κ2) is 10.6. The largest absolute Gasteiger partial charge is 0.309 e. The van der Waals surface area contributed by atoms with Crippen molar-refractivity contribution in [3.05, 3.63) is 126 Å². The van der Waals surface area contributed by atoms with Crippen LogP contribution in [0.25, 0.3) is 55.6 Å². The normalized spacial score (nSPS) is 12.1. The number of nitrogens with zero attached hydrogens (tertiary/aromatic N) is 3. The molecule has 0 aliphatic heterocycles. The Labute approximate surface area is 254 Å². The summed E-state index contributed by atoms with van der Waals surface area (Å²) in [6.07, 6.45) is 0. The summed E-state index contributed by atoms with van der Waals surface area (Å²) in [5.74, 6) is 2.20. The minimum absolute atomic E-state index is 0.379. The molecule has 7 rings (SSSR count). The van der Waals surface area contributed by atoms with Gasteiger partial charge in [0.15, 0.2) is 0 Å². The van der Waals surface area contributed by atoms with Crippen LogP contribution in [0.4, 0.5) is 0 Å². The third kappa shape index (κ3) is 4.46. The monoisotopic (exact) mass is 561 g/mol. The Hall–Kier alpha value is -4.63. The molecule has 0 atom stereocenters. The van der Waals surface area contributed by atoms with Crippen LogP contribution in [0.15, 0.2) is 109 Å². The fraction of sp³-hybridized carbons (Fsp3) is 0.225. The summed E-state index contributed by atoms with van der Waals surface area (Å²) in [5.41, 5.74) is 12.2. The van der Waals surface area contributed by atoms with E-state index in [1.165, 1.54) is 49.9 Å². The van der Waals surface area contributed by atoms with Crippen molar-refractivity contribution in [2.45, 2.75) is 59.3 Å². The van der Waals surface area contributed by atoms with Crippen LogP contribution < -0.4 is 0 Å². The summed E-state index contributed by atoms with van der Waals surface area (Å²) in [7, 11) is 0. The SMILES string of the molecule is CC(C)c1ccc2c3cc(-c4nc5ccccc5n4-c4c(C(C)C)cccc4C(C)C)ccc3n(-c3ccccc3)c2c1. The van der Waals surface area contributed by atoms with Crippen LogP contribution in [0.2, 0.25) is 0 Å². The first-order valence-corrected chi connectivity index (χ1v) is 15.6. The van der Waals surface area contributed by atoms with Gasteiger partial charge in [0, 0.05) is 22.0 Å². The van der Waals surface area contributed by atoms with Crippen LogP contribution in [0.5, 0.6) is 0 Å². The molecule has 0 spiro atoms. The van der Waals surface area contributed by atoms with Crippen molar-refractivity contribution in [1.29, 1.82) is 0 Å². The maximum atomic E-state index is 5.31. The molecule has 0 fully saturated rings. The molecular formula is C40H39N3. The molecule has 0 radical (unpaired) electrons. The van der Waals surface area contributed by atoms with Crippen LogP contribution in [-0.4, -0.2) is 14.1 Å². The van der Waals surface area contributed by atoms with E-state index in [2.05, 4.69) is 160 Å². The third-order valence-electron chi connectivity index (χ3n) is 8.86. The highest BCUT2D eigenvalue weighted by atomic mass is 15.1. The van der Waals surface area contributed by atoms with E-state index in [9.17, 15) is 0 Å². The first-order chi connectivity index (χ1) is 20.8. The van der Waals surface area contributed by atoms with Gasteiger partial charge in [-0.1, -0.05) is 102 Å². The Morgan fingerprint density at radius 3 is 1.91 bits per heavy atom. The lowest BCUT2D eigenvalue weighted by atomic mass is 9.92. The number of imidazole rings is 1. The average molecular weight is 562 g/mol. The topological polar surface area (TPSA) is 22.8 Å². The number of hydrogen-bond donors (Lipinski definition) is 0. The first-order valence-electron chi connectivity index (χ1n) is 15.6. The van der Waals surface area contributed by atoms with Gasteiger partial charge in [-0.15, -0.1) is 0 Å². The summed E-state index contributed by atoms with van der Waals surface area (Å²) < 4.78 is 4.84. The van der Waals surface area contributed by atoms with Gasteiger partial charge < -0.3 is 4.57 Å². The number of fused-ring (bicyclic) bond motifs is 4. The number of benzene rings is 5. The van der Waals surface area contributed by atoms with E-state index < -0.39 is 0 Å². The van der Waals surface area contributed by atoms with Crippen molar-refractivity contribution in [2.24, 2.45) is 0 Å². The van der Waals surface area contributed by atoms with E-state index in [1.807, 2.05) is 0 Å². The first kappa shape index (κ1) is 27.2. The minimum atomic E-state index is 0.379. The molecule has 0 saturated heterocycles. The number of para-hydroxylation sites is 4. The Morgan fingerprint density at radius 2 is 1.21 bits per heavy atom. The highest BCUT2D eigenvalue weighted by Gasteiger charge is 2.23. The molecule has 214 valence electrons. The van der Waals surface area contributed by atoms with Gasteiger partial charge in [0.2, 0.25) is 0 Å². The molecule has 43 heavy (non-hydrogen) atoms. The van der Waals surface area contributed by atoms with E-state index in [-0.39, 0.29) is 0 Å². The Morgan fingerprint density at radius 1 is 0.512 bits per heavy atom. The van der Waals surface area contributed by atoms with Gasteiger partial charge >= 0.3 is 0 Å². The molecule has 0 aliphatic rings. The van der Waals surface area contributed by atoms with Crippen LogP contribution in [-0.2, 0) is 0 Å². The molecule has 2 heterocycles. The maximum absolute atomic E-state index is 5.31. The zero-order chi connectivity index (χ0) is 29.8. The van der Waals surface area contributed by atoms with Gasteiger partial charge in [-0.25, -0.2) is 4.98 Å². The maximum Gasteiger partial charge on any atom is 0.145 e. The van der Waals surface area contributed by atoms with E-state index >= 15 is 0 Å². The van der Waals surface area contributed by atoms with Gasteiger partial charge in [-0.2, -0.15) is 0 Å². The van der Waals surface area contributed by atoms with Crippen molar-refractivity contribution in [3.63, 3.8) is 0 Å². The van der Waals surface area contributed by atoms with Crippen molar-refractivity contribution >= 4 is 32.8 Å². The van der Waals surface area contributed by atoms with Crippen molar-refractivity contribution in [3.8, 4) is 22.8 Å². The van der Waals surface area contributed by atoms with Crippen LogP contribution >= 0.6 is 0 Å². The lowest BCUT2D eigenvalue weighted by Gasteiger charge is -2.22. The molecule has 0 aliphatic carbocycles. The third-order valence-corrected chi connectivity index (χ3v) is 8.86. The second-order valence-corrected chi connectivity index (χ2v) is 12.7. The van der Waals surface area contributed by atoms with E-state index in [0.717, 1.165) is 22.4 Å². The Balaban J connectivity index is 1.56. The molecule has 0 bridgehead atoms. The molecule has 0 unspecified atom stereocenters. The minimum Gasteiger partial charge on any atom is -0.309 e. The fourth-order valence-electron chi connectivity index (χ4n) is 6.61. The van der Waals surface area contributed by atoms with Crippen LogP contribution in [0, 0.1) is 0 Å². The summed E-state index contributed by atoms with van der Waals surface area (Å²) in [4.78, 5) is 5.31. The smallest absolute Gasteiger partial charge is 0.145 e. The fourth-order valence-corrected chi connectivity index (χ4v) is 6.61. The number of hydrogen-bond acceptors (Lipinski definition) is 1. The lowest BCUT2D eigenvalue weighted by molar-refractivity contribution is 0.811. The summed E-state index contributed by atoms with van der Waals surface area (Å²) in [6, 6.07) is 39.9. The van der Waals surface area contributed by atoms with Gasteiger partial charge in [0.1, 0.15) is 5.82 Å². The molecule has 3 heteroatoms. The zero-order valence-electron chi connectivity index (χ0n) is 26.0. The van der Waals surface area contributed by atoms with E-state index in [4.69, 9.17) is 4.98 Å². The second-order valence-electron chi connectivity index (χ2n) is 12.7. The molecule has 2 aromatic heterocycles. The molecule has 5 aromatic carbocycles. The van der Waals surface area contributed by atoms with E-state index in [1.54, 1.807) is 0 Å². The van der Waals surface area contributed by atoms with Crippen molar-refractivity contribution < 1.29 is 0 Å². The summed E-state index contributed by atoms with van der Waals surface area (Å²) >= 11 is 0. The standard InChI is InChI=1S/C40H39N3/c1-25(2)28-19-21-33-34-23-29(20-22-36(34)42(38(33)24-28)30-13-8-7-9-14-30)40-41-35-17-10-11-18-37(35)43(40)39-31(26(3)4)15-12-16-32(39)27(5)6/h7-27H,1-6H3. The number of rotatable bonds is 6. The van der Waals surface area contributed by atoms with Gasteiger partial charge in [0.25, 0.3) is 0 Å². The Bertz CT molecular complexity index is 2080. The predicted molar refractivity (Wildman–Crippen MR) is 183 cm³/mol. The van der Waals surface area contributed by atoms with Gasteiger partial charge in [-0.3, -0.25) is 4.57 Å². The van der Waals surface area contributed by atoms with Crippen molar-refractivity contribution in [1.82, 2.24) is 14.1 Å². The molecule has 0 amide bonds. The molecule has 0 N–H and O–H groups in total. The molecular weight excluding hydrogens is 522 g/mol. The van der Waals surface area contributed by atoms with Gasteiger partial charge in [0.05, 0.1) is 27.8 Å². The lowest BCUT2D eigenvalue weighted by Crippen LogP contribution is -2.08. The van der Waals surface area contributed by atoms with E-state index in [0.29, 0.717) is 17.8 Å². The summed E-state index contributed by atoms with van der Waals surface area (Å²) in [5, 5.41) is 2.50. The quantitative estimate of drug-likeness (QED) is 0.198. The van der Waals surface area contributed by atoms with Crippen LogP contribution in [0.3, 0.4) is 0 Å². The van der Waals surface area contributed by atoms with Crippen LogP contribution in [0.1, 0.15) is 76.0 Å². The highest BCUT2D eigenvalue weighted by molar-refractivity contribution is 6.10. The van der Waals surface area contributed by atoms with Gasteiger partial charge in [-0.05, 0) is 83.0 Å².